The molecular formula is C16H23N. The first-order chi connectivity index (χ1) is 8.29. The maximum atomic E-state index is 9.06. The van der Waals surface area contributed by atoms with Crippen LogP contribution >= 0.6 is 0 Å². The van der Waals surface area contributed by atoms with Gasteiger partial charge in [0.2, 0.25) is 0 Å². The van der Waals surface area contributed by atoms with Crippen LogP contribution in [0, 0.1) is 11.3 Å². The Morgan fingerprint density at radius 2 is 1.82 bits per heavy atom. The molecule has 1 atom stereocenters. The molecule has 92 valence electrons. The summed E-state index contributed by atoms with van der Waals surface area (Å²) < 4.78 is 0. The molecule has 0 saturated heterocycles. The van der Waals surface area contributed by atoms with Crippen LogP contribution < -0.4 is 0 Å². The summed E-state index contributed by atoms with van der Waals surface area (Å²) in [6.07, 6.45) is 7.80. The van der Waals surface area contributed by atoms with Crippen LogP contribution in [0.15, 0.2) is 24.3 Å². The maximum absolute atomic E-state index is 9.06. The van der Waals surface area contributed by atoms with E-state index in [1.165, 1.54) is 44.1 Å². The molecule has 17 heavy (non-hydrogen) atoms. The molecule has 0 radical (unpaired) electrons. The molecule has 1 aromatic rings. The lowest BCUT2D eigenvalue weighted by Crippen LogP contribution is -1.97. The molecule has 1 aromatic carbocycles. The normalized spacial score (nSPS) is 12.1. The molecule has 0 spiro atoms. The molecule has 0 aromatic heterocycles. The molecule has 0 saturated carbocycles. The standard InChI is InChI=1S/C16H23N/c1-3-4-5-6-7-10-14(2)16-12-9-8-11-15(16)13-17/h8-9,11-12,14H,3-7,10H2,1-2H3. The van der Waals surface area contributed by atoms with Crippen molar-refractivity contribution in [3.63, 3.8) is 0 Å². The smallest absolute Gasteiger partial charge is 0.0994 e. The summed E-state index contributed by atoms with van der Waals surface area (Å²) in [5.41, 5.74) is 2.05. The molecule has 0 fully saturated rings. The van der Waals surface area contributed by atoms with Crippen LogP contribution in [0.4, 0.5) is 0 Å². The van der Waals surface area contributed by atoms with Crippen molar-refractivity contribution in [3.05, 3.63) is 35.4 Å². The third-order valence-electron chi connectivity index (χ3n) is 3.35. The van der Waals surface area contributed by atoms with Crippen LogP contribution in [0.2, 0.25) is 0 Å². The van der Waals surface area contributed by atoms with E-state index in [1.807, 2.05) is 18.2 Å². The molecule has 0 aliphatic carbocycles. The van der Waals surface area contributed by atoms with Crippen molar-refractivity contribution in [1.29, 1.82) is 5.26 Å². The van der Waals surface area contributed by atoms with Gasteiger partial charge in [-0.1, -0.05) is 64.2 Å². The third kappa shape index (κ3) is 4.61. The molecule has 1 rings (SSSR count). The van der Waals surface area contributed by atoms with Gasteiger partial charge in [-0.3, -0.25) is 0 Å². The molecule has 0 heterocycles. The molecule has 1 unspecified atom stereocenters. The first-order valence-corrected chi connectivity index (χ1v) is 6.78. The Bertz CT molecular complexity index is 362. The predicted octanol–water partition coefficient (Wildman–Crippen LogP) is 5.02. The zero-order valence-electron chi connectivity index (χ0n) is 11.1. The zero-order chi connectivity index (χ0) is 12.5. The summed E-state index contributed by atoms with van der Waals surface area (Å²) in [5.74, 6) is 0.507. The first-order valence-electron chi connectivity index (χ1n) is 6.78. The van der Waals surface area contributed by atoms with Crippen molar-refractivity contribution in [3.8, 4) is 6.07 Å². The summed E-state index contributed by atoms with van der Waals surface area (Å²) in [7, 11) is 0. The van der Waals surface area contributed by atoms with Gasteiger partial charge in [-0.05, 0) is 24.0 Å². The van der Waals surface area contributed by atoms with Crippen molar-refractivity contribution in [1.82, 2.24) is 0 Å². The molecule has 0 aliphatic rings. The largest absolute Gasteiger partial charge is 0.192 e. The topological polar surface area (TPSA) is 23.8 Å². The minimum atomic E-state index is 0.507. The van der Waals surface area contributed by atoms with Crippen LogP contribution in [0.25, 0.3) is 0 Å². The minimum absolute atomic E-state index is 0.507. The van der Waals surface area contributed by atoms with Crippen molar-refractivity contribution >= 4 is 0 Å². The SMILES string of the molecule is CCCCCCCC(C)c1ccccc1C#N. The molecule has 0 N–H and O–H groups in total. The summed E-state index contributed by atoms with van der Waals surface area (Å²) in [4.78, 5) is 0. The Morgan fingerprint density at radius 3 is 2.53 bits per heavy atom. The van der Waals surface area contributed by atoms with Crippen molar-refractivity contribution in [2.75, 3.05) is 0 Å². The summed E-state index contributed by atoms with van der Waals surface area (Å²) in [6, 6.07) is 10.3. The molecule has 1 nitrogen and oxygen atoms in total. The van der Waals surface area contributed by atoms with Gasteiger partial charge in [-0.25, -0.2) is 0 Å². The van der Waals surface area contributed by atoms with Crippen LogP contribution in [-0.2, 0) is 0 Å². The average Bonchev–Trinajstić information content (AvgIpc) is 2.38. The van der Waals surface area contributed by atoms with Gasteiger partial charge in [0.1, 0.15) is 0 Å². The Hall–Kier alpha value is -1.29. The summed E-state index contributed by atoms with van der Waals surface area (Å²) in [6.45, 7) is 4.47. The lowest BCUT2D eigenvalue weighted by Gasteiger charge is -2.13. The van der Waals surface area contributed by atoms with Gasteiger partial charge in [0.25, 0.3) is 0 Å². The van der Waals surface area contributed by atoms with Crippen LogP contribution in [-0.4, -0.2) is 0 Å². The quantitative estimate of drug-likeness (QED) is 0.602. The monoisotopic (exact) mass is 229 g/mol. The van der Waals surface area contributed by atoms with Crippen molar-refractivity contribution in [2.45, 2.75) is 58.3 Å². The Labute approximate surface area is 105 Å². The lowest BCUT2D eigenvalue weighted by atomic mass is 9.91. The van der Waals surface area contributed by atoms with E-state index in [9.17, 15) is 0 Å². The first kappa shape index (κ1) is 13.8. The highest BCUT2D eigenvalue weighted by Gasteiger charge is 2.09. The van der Waals surface area contributed by atoms with Gasteiger partial charge in [0.15, 0.2) is 0 Å². The number of hydrogen-bond acceptors (Lipinski definition) is 1. The highest BCUT2D eigenvalue weighted by atomic mass is 14.3. The van der Waals surface area contributed by atoms with Gasteiger partial charge in [0, 0.05) is 0 Å². The van der Waals surface area contributed by atoms with Gasteiger partial charge in [-0.2, -0.15) is 5.26 Å². The Kier molecular flexibility index (Phi) is 6.40. The van der Waals surface area contributed by atoms with Gasteiger partial charge < -0.3 is 0 Å². The van der Waals surface area contributed by atoms with E-state index < -0.39 is 0 Å². The molecule has 0 amide bonds. The number of hydrogen-bond donors (Lipinski definition) is 0. The number of rotatable bonds is 7. The van der Waals surface area contributed by atoms with Gasteiger partial charge in [0.05, 0.1) is 11.6 Å². The number of benzene rings is 1. The fourth-order valence-corrected chi connectivity index (χ4v) is 2.24. The molecule has 0 bridgehead atoms. The van der Waals surface area contributed by atoms with E-state index in [-0.39, 0.29) is 0 Å². The number of nitriles is 1. The van der Waals surface area contributed by atoms with E-state index in [2.05, 4.69) is 26.0 Å². The van der Waals surface area contributed by atoms with Gasteiger partial charge >= 0.3 is 0 Å². The fourth-order valence-electron chi connectivity index (χ4n) is 2.24. The van der Waals surface area contributed by atoms with Crippen LogP contribution in [0.3, 0.4) is 0 Å². The second kappa shape index (κ2) is 7.90. The number of unbranched alkanes of at least 4 members (excludes halogenated alkanes) is 4. The minimum Gasteiger partial charge on any atom is -0.192 e. The van der Waals surface area contributed by atoms with Crippen LogP contribution in [0.5, 0.6) is 0 Å². The third-order valence-corrected chi connectivity index (χ3v) is 3.35. The van der Waals surface area contributed by atoms with Gasteiger partial charge in [-0.15, -0.1) is 0 Å². The van der Waals surface area contributed by atoms with E-state index in [0.717, 1.165) is 5.56 Å². The van der Waals surface area contributed by atoms with Crippen LogP contribution in [0.1, 0.15) is 69.4 Å². The lowest BCUT2D eigenvalue weighted by molar-refractivity contribution is 0.566. The number of nitrogens with zero attached hydrogens (tertiary/aromatic N) is 1. The highest BCUT2D eigenvalue weighted by molar-refractivity contribution is 5.39. The van der Waals surface area contributed by atoms with E-state index in [0.29, 0.717) is 5.92 Å². The highest BCUT2D eigenvalue weighted by Crippen LogP contribution is 2.24. The van der Waals surface area contributed by atoms with E-state index in [1.54, 1.807) is 0 Å². The predicted molar refractivity (Wildman–Crippen MR) is 72.9 cm³/mol. The molecular weight excluding hydrogens is 206 g/mol. The summed E-state index contributed by atoms with van der Waals surface area (Å²) in [5, 5.41) is 9.06. The zero-order valence-corrected chi connectivity index (χ0v) is 11.1. The molecule has 1 heteroatoms. The van der Waals surface area contributed by atoms with E-state index >= 15 is 0 Å². The Balaban J connectivity index is 2.42. The van der Waals surface area contributed by atoms with Crippen molar-refractivity contribution < 1.29 is 0 Å². The molecule has 0 aliphatic heterocycles. The average molecular weight is 229 g/mol. The van der Waals surface area contributed by atoms with Crippen molar-refractivity contribution in [2.24, 2.45) is 0 Å². The maximum Gasteiger partial charge on any atom is 0.0994 e. The fraction of sp³-hybridized carbons (Fsp3) is 0.562. The van der Waals surface area contributed by atoms with E-state index in [4.69, 9.17) is 5.26 Å². The Morgan fingerprint density at radius 1 is 1.12 bits per heavy atom. The second-order valence-corrected chi connectivity index (χ2v) is 4.80. The summed E-state index contributed by atoms with van der Waals surface area (Å²) >= 11 is 0. The second-order valence-electron chi connectivity index (χ2n) is 4.80.